The Balaban J connectivity index is 2.17. The molecule has 2 aromatic carbocycles. The first kappa shape index (κ1) is 15.7. The Kier molecular flexibility index (Phi) is 4.81. The van der Waals surface area contributed by atoms with E-state index in [0.717, 1.165) is 3.57 Å². The summed E-state index contributed by atoms with van der Waals surface area (Å²) in [5, 5.41) is 0. The van der Waals surface area contributed by atoms with E-state index >= 15 is 0 Å². The highest BCUT2D eigenvalue weighted by Gasteiger charge is 2.21. The molecule has 0 atom stereocenters. The molecule has 0 saturated carbocycles. The van der Waals surface area contributed by atoms with Crippen molar-refractivity contribution in [2.75, 3.05) is 6.61 Å². The van der Waals surface area contributed by atoms with Crippen LogP contribution in [0.3, 0.4) is 0 Å². The molecule has 0 saturated heterocycles. The van der Waals surface area contributed by atoms with E-state index in [1.54, 1.807) is 12.1 Å². The van der Waals surface area contributed by atoms with Crippen LogP contribution in [0.5, 0.6) is 5.75 Å². The molecule has 0 radical (unpaired) electrons. The summed E-state index contributed by atoms with van der Waals surface area (Å²) in [6.45, 7) is -0.739. The van der Waals surface area contributed by atoms with Crippen LogP contribution in [0.4, 0.5) is 17.6 Å². The molecule has 0 N–H and O–H groups in total. The van der Waals surface area contributed by atoms with Crippen LogP contribution in [0.1, 0.15) is 10.4 Å². The average molecular weight is 410 g/mol. The molecule has 0 aliphatic rings. The number of ketones is 1. The van der Waals surface area contributed by atoms with Gasteiger partial charge in [-0.3, -0.25) is 4.79 Å². The number of benzene rings is 2. The lowest BCUT2D eigenvalue weighted by Gasteiger charge is -2.09. The van der Waals surface area contributed by atoms with E-state index in [9.17, 15) is 22.4 Å². The summed E-state index contributed by atoms with van der Waals surface area (Å²) >= 11 is 2.04. The number of carbonyl (C=O) groups excluding carboxylic acids is 1. The summed E-state index contributed by atoms with van der Waals surface area (Å²) < 4.78 is 58.1. The van der Waals surface area contributed by atoms with Gasteiger partial charge in [-0.05, 0) is 34.7 Å². The van der Waals surface area contributed by atoms with Crippen molar-refractivity contribution < 1.29 is 27.1 Å². The molecule has 0 aliphatic carbocycles. The Morgan fingerprint density at radius 2 is 1.52 bits per heavy atom. The van der Waals surface area contributed by atoms with Crippen molar-refractivity contribution in [2.24, 2.45) is 0 Å². The average Bonchev–Trinajstić information content (AvgIpc) is 2.45. The van der Waals surface area contributed by atoms with E-state index in [0.29, 0.717) is 0 Å². The maximum atomic E-state index is 13.3. The van der Waals surface area contributed by atoms with Crippen molar-refractivity contribution in [1.29, 1.82) is 0 Å². The normalized spacial score (nSPS) is 10.5. The summed E-state index contributed by atoms with van der Waals surface area (Å²) in [7, 11) is 0. The number of ether oxygens (including phenoxy) is 1. The molecule has 0 aliphatic heterocycles. The topological polar surface area (TPSA) is 26.3 Å². The maximum absolute atomic E-state index is 13.3. The van der Waals surface area contributed by atoms with Gasteiger partial charge in [0.15, 0.2) is 29.8 Å². The Bertz CT molecular complexity index is 660. The molecule has 0 spiro atoms. The number of rotatable bonds is 4. The van der Waals surface area contributed by atoms with Gasteiger partial charge in [0.25, 0.3) is 0 Å². The summed E-state index contributed by atoms with van der Waals surface area (Å²) in [5.41, 5.74) is 0.258. The molecule has 0 amide bonds. The van der Waals surface area contributed by atoms with Gasteiger partial charge < -0.3 is 4.74 Å². The molecule has 2 rings (SSSR count). The Hall–Kier alpha value is -1.64. The first-order valence-corrected chi connectivity index (χ1v) is 6.72. The first-order chi connectivity index (χ1) is 9.90. The summed E-state index contributed by atoms with van der Waals surface area (Å²) in [6, 6.07) is 6.41. The third-order valence-electron chi connectivity index (χ3n) is 2.59. The smallest absolute Gasteiger partial charge is 0.203 e. The predicted molar refractivity (Wildman–Crippen MR) is 75.3 cm³/mol. The minimum Gasteiger partial charge on any atom is -0.479 e. The quantitative estimate of drug-likeness (QED) is 0.328. The van der Waals surface area contributed by atoms with Crippen LogP contribution in [-0.2, 0) is 0 Å². The number of hydrogen-bond acceptors (Lipinski definition) is 2. The van der Waals surface area contributed by atoms with Gasteiger partial charge in [-0.15, -0.1) is 0 Å². The molecule has 0 unspecified atom stereocenters. The highest BCUT2D eigenvalue weighted by atomic mass is 127. The zero-order valence-electron chi connectivity index (χ0n) is 10.3. The van der Waals surface area contributed by atoms with Crippen molar-refractivity contribution in [2.45, 2.75) is 0 Å². The predicted octanol–water partition coefficient (Wildman–Crippen LogP) is 4.11. The minimum absolute atomic E-state index is 0.0679. The van der Waals surface area contributed by atoms with Crippen molar-refractivity contribution in [1.82, 2.24) is 0 Å². The fourth-order valence-electron chi connectivity index (χ4n) is 1.53. The van der Waals surface area contributed by atoms with Gasteiger partial charge in [-0.1, -0.05) is 12.1 Å². The Labute approximate surface area is 130 Å². The van der Waals surface area contributed by atoms with Crippen LogP contribution in [0.15, 0.2) is 30.3 Å². The van der Waals surface area contributed by atoms with Crippen LogP contribution in [0.25, 0.3) is 0 Å². The molecular formula is C14H7F4IO2. The van der Waals surface area contributed by atoms with Gasteiger partial charge in [-0.2, -0.15) is 8.78 Å². The minimum atomic E-state index is -1.68. The van der Waals surface area contributed by atoms with Crippen molar-refractivity contribution in [3.63, 3.8) is 0 Å². The van der Waals surface area contributed by atoms with E-state index in [4.69, 9.17) is 0 Å². The summed E-state index contributed by atoms with van der Waals surface area (Å²) in [4.78, 5) is 11.8. The number of carbonyl (C=O) groups is 1. The maximum Gasteiger partial charge on any atom is 0.203 e. The van der Waals surface area contributed by atoms with Gasteiger partial charge in [0.05, 0.1) is 0 Å². The van der Waals surface area contributed by atoms with E-state index in [2.05, 4.69) is 4.74 Å². The Morgan fingerprint density at radius 3 is 2.05 bits per heavy atom. The SMILES string of the molecule is O=C(COc1c(F)c(F)cc(F)c1F)c1ccc(I)cc1. The molecule has 0 aromatic heterocycles. The van der Waals surface area contributed by atoms with Gasteiger partial charge in [0.1, 0.15) is 0 Å². The number of hydrogen-bond donors (Lipinski definition) is 0. The molecule has 7 heteroatoms. The Morgan fingerprint density at radius 1 is 1.00 bits per heavy atom. The molecule has 21 heavy (non-hydrogen) atoms. The fourth-order valence-corrected chi connectivity index (χ4v) is 1.89. The number of Topliss-reactive ketones (excluding diaryl/α,β-unsaturated/α-hetero) is 1. The van der Waals surface area contributed by atoms with E-state index in [1.165, 1.54) is 12.1 Å². The third-order valence-corrected chi connectivity index (χ3v) is 3.30. The van der Waals surface area contributed by atoms with Crippen molar-refractivity contribution in [3.8, 4) is 5.75 Å². The van der Waals surface area contributed by atoms with Crippen molar-refractivity contribution in [3.05, 3.63) is 62.7 Å². The van der Waals surface area contributed by atoms with Gasteiger partial charge in [0, 0.05) is 15.2 Å². The summed E-state index contributed by atoms with van der Waals surface area (Å²) in [5.74, 6) is -8.36. The largest absolute Gasteiger partial charge is 0.479 e. The lowest BCUT2D eigenvalue weighted by atomic mass is 10.1. The van der Waals surface area contributed by atoms with E-state index < -0.39 is 41.4 Å². The van der Waals surface area contributed by atoms with Crippen LogP contribution >= 0.6 is 22.6 Å². The standard InChI is InChI=1S/C14H7F4IO2/c15-9-5-10(16)13(18)14(12(9)17)21-6-11(20)7-1-3-8(19)4-2-7/h1-5H,6H2. The number of halogens is 5. The van der Waals surface area contributed by atoms with Crippen LogP contribution in [0.2, 0.25) is 0 Å². The molecule has 2 nitrogen and oxygen atoms in total. The van der Waals surface area contributed by atoms with E-state index in [1.807, 2.05) is 22.6 Å². The monoisotopic (exact) mass is 410 g/mol. The van der Waals surface area contributed by atoms with Gasteiger partial charge in [-0.25, -0.2) is 8.78 Å². The molecule has 0 bridgehead atoms. The fraction of sp³-hybridized carbons (Fsp3) is 0.0714. The highest BCUT2D eigenvalue weighted by molar-refractivity contribution is 14.1. The second kappa shape index (κ2) is 6.42. The zero-order valence-corrected chi connectivity index (χ0v) is 12.5. The zero-order chi connectivity index (χ0) is 15.6. The second-order valence-electron chi connectivity index (χ2n) is 4.02. The van der Waals surface area contributed by atoms with E-state index in [-0.39, 0.29) is 11.6 Å². The van der Waals surface area contributed by atoms with Gasteiger partial charge >= 0.3 is 0 Å². The summed E-state index contributed by atoms with van der Waals surface area (Å²) in [6.07, 6.45) is 0. The lowest BCUT2D eigenvalue weighted by Crippen LogP contribution is -2.14. The first-order valence-electron chi connectivity index (χ1n) is 5.64. The van der Waals surface area contributed by atoms with Crippen LogP contribution in [0, 0.1) is 26.8 Å². The highest BCUT2D eigenvalue weighted by Crippen LogP contribution is 2.26. The molecular weight excluding hydrogens is 403 g/mol. The molecule has 0 heterocycles. The molecule has 0 fully saturated rings. The van der Waals surface area contributed by atoms with Crippen LogP contribution < -0.4 is 4.74 Å². The molecule has 110 valence electrons. The molecule has 2 aromatic rings. The lowest BCUT2D eigenvalue weighted by molar-refractivity contribution is 0.0913. The van der Waals surface area contributed by atoms with Gasteiger partial charge in [0.2, 0.25) is 11.6 Å². The second-order valence-corrected chi connectivity index (χ2v) is 5.26. The van der Waals surface area contributed by atoms with Crippen molar-refractivity contribution >= 4 is 28.4 Å². The third kappa shape index (κ3) is 3.52. The van der Waals surface area contributed by atoms with Crippen LogP contribution in [-0.4, -0.2) is 12.4 Å².